The van der Waals surface area contributed by atoms with Crippen molar-refractivity contribution in [2.45, 2.75) is 96.6 Å². The van der Waals surface area contributed by atoms with E-state index in [1.54, 1.807) is 22.0 Å². The summed E-state index contributed by atoms with van der Waals surface area (Å²) in [6.07, 6.45) is 4.99. The van der Waals surface area contributed by atoms with E-state index in [2.05, 4.69) is 33.9 Å². The highest BCUT2D eigenvalue weighted by Gasteiger charge is 2.79. The highest BCUT2D eigenvalue weighted by Crippen LogP contribution is 2.64. The smallest absolute Gasteiger partial charge is 0.249 e. The molecule has 2 aromatic carbocycles. The van der Waals surface area contributed by atoms with Gasteiger partial charge in [0, 0.05) is 24.3 Å². The van der Waals surface area contributed by atoms with Crippen molar-refractivity contribution in [1.82, 2.24) is 9.80 Å². The fourth-order valence-electron chi connectivity index (χ4n) is 9.20. The van der Waals surface area contributed by atoms with Crippen LogP contribution in [0.1, 0.15) is 79.3 Å². The van der Waals surface area contributed by atoms with Gasteiger partial charge in [-0.15, -0.1) is 13.2 Å². The van der Waals surface area contributed by atoms with Gasteiger partial charge < -0.3 is 29.3 Å². The molecule has 3 amide bonds. The number of carbonyl (C=O) groups is 3. The molecule has 0 saturated carbocycles. The molecule has 3 heterocycles. The molecular weight excluding hydrogens is 630 g/mol. The van der Waals surface area contributed by atoms with Crippen molar-refractivity contribution in [3.8, 4) is 5.75 Å². The van der Waals surface area contributed by atoms with Crippen molar-refractivity contribution in [2.75, 3.05) is 31.2 Å². The molecule has 2 unspecified atom stereocenters. The first-order valence-corrected chi connectivity index (χ1v) is 17.8. The maximum atomic E-state index is 15.3. The molecule has 1 N–H and O–H groups in total. The van der Waals surface area contributed by atoms with Gasteiger partial charge in [-0.05, 0) is 82.2 Å². The van der Waals surface area contributed by atoms with Crippen LogP contribution >= 0.6 is 0 Å². The van der Waals surface area contributed by atoms with E-state index in [0.717, 1.165) is 0 Å². The standard InChI is InChI=1S/C41H55N3O6/c1-10-24-42(29-18-20-30(21-19-29)49-12-3)35(46)32-33-36(47)44(31(26-45)28-16-14-13-15-17-28)34(41(33)23-22-40(32,9)50-41)37(48)43(25-11-2)39(7,8)27-38(4,5)6/h10-11,13-21,31-34,45H,1-2,12,22-27H2,3-9H3/t31-,32+,33+,34?,40-,41?/m1/s1. The summed E-state index contributed by atoms with van der Waals surface area (Å²) in [4.78, 5) is 50.4. The zero-order chi connectivity index (χ0) is 36.6. The van der Waals surface area contributed by atoms with Crippen molar-refractivity contribution in [2.24, 2.45) is 17.3 Å². The van der Waals surface area contributed by atoms with E-state index in [1.807, 2.05) is 87.2 Å². The van der Waals surface area contributed by atoms with Crippen LogP contribution in [0, 0.1) is 17.3 Å². The second kappa shape index (κ2) is 14.0. The maximum absolute atomic E-state index is 15.3. The molecule has 6 atom stereocenters. The number of likely N-dealkylation sites (tertiary alicyclic amines) is 1. The quantitative estimate of drug-likeness (QED) is 0.234. The van der Waals surface area contributed by atoms with Gasteiger partial charge in [0.1, 0.15) is 17.4 Å². The number of hydrogen-bond donors (Lipinski definition) is 1. The summed E-state index contributed by atoms with van der Waals surface area (Å²) in [5, 5.41) is 11.0. The predicted octanol–water partition coefficient (Wildman–Crippen LogP) is 6.33. The Hall–Kier alpha value is -3.95. The number of carbonyl (C=O) groups excluding carboxylic acids is 3. The number of aliphatic hydroxyl groups excluding tert-OH is 1. The van der Waals surface area contributed by atoms with Crippen molar-refractivity contribution in [3.63, 3.8) is 0 Å². The van der Waals surface area contributed by atoms with Gasteiger partial charge >= 0.3 is 0 Å². The third kappa shape index (κ3) is 6.50. The minimum absolute atomic E-state index is 0.102. The molecule has 3 fully saturated rings. The Balaban J connectivity index is 1.65. The minimum atomic E-state index is -1.28. The van der Waals surface area contributed by atoms with Crippen LogP contribution in [0.5, 0.6) is 5.75 Å². The lowest BCUT2D eigenvalue weighted by Crippen LogP contribution is -2.61. The van der Waals surface area contributed by atoms with E-state index in [1.165, 1.54) is 0 Å². The summed E-state index contributed by atoms with van der Waals surface area (Å²) in [5.74, 6) is -2.01. The predicted molar refractivity (Wildman–Crippen MR) is 196 cm³/mol. The van der Waals surface area contributed by atoms with Crippen LogP contribution in [0.4, 0.5) is 5.69 Å². The van der Waals surface area contributed by atoms with E-state index in [9.17, 15) is 9.90 Å². The molecule has 5 rings (SSSR count). The number of anilines is 1. The van der Waals surface area contributed by atoms with Crippen molar-refractivity contribution < 1.29 is 29.0 Å². The van der Waals surface area contributed by atoms with Gasteiger partial charge in [-0.2, -0.15) is 0 Å². The molecule has 0 radical (unpaired) electrons. The van der Waals surface area contributed by atoms with Crippen LogP contribution in [-0.2, 0) is 19.1 Å². The largest absolute Gasteiger partial charge is 0.494 e. The molecule has 3 aliphatic heterocycles. The number of benzene rings is 2. The lowest BCUT2D eigenvalue weighted by Gasteiger charge is -2.46. The zero-order valence-corrected chi connectivity index (χ0v) is 30.9. The maximum Gasteiger partial charge on any atom is 0.249 e. The van der Waals surface area contributed by atoms with Gasteiger partial charge in [-0.1, -0.05) is 63.3 Å². The molecular formula is C41H55N3O6. The van der Waals surface area contributed by atoms with Gasteiger partial charge in [0.25, 0.3) is 0 Å². The first kappa shape index (κ1) is 37.3. The number of rotatable bonds is 14. The van der Waals surface area contributed by atoms with Gasteiger partial charge in [0.15, 0.2) is 0 Å². The van der Waals surface area contributed by atoms with Crippen LogP contribution in [0.25, 0.3) is 0 Å². The molecule has 2 bridgehead atoms. The van der Waals surface area contributed by atoms with E-state index in [0.29, 0.717) is 42.9 Å². The Kier molecular flexibility index (Phi) is 10.4. The number of fused-ring (bicyclic) bond motifs is 1. The van der Waals surface area contributed by atoms with Gasteiger partial charge in [-0.25, -0.2) is 0 Å². The van der Waals surface area contributed by atoms with Crippen LogP contribution < -0.4 is 9.64 Å². The number of nitrogens with zero attached hydrogens (tertiary/aromatic N) is 3. The van der Waals surface area contributed by atoms with E-state index in [4.69, 9.17) is 9.47 Å². The summed E-state index contributed by atoms with van der Waals surface area (Å²) in [7, 11) is 0. The Morgan fingerprint density at radius 3 is 2.22 bits per heavy atom. The highest BCUT2D eigenvalue weighted by molar-refractivity contribution is 6.03. The fraction of sp³-hybridized carbons (Fsp3) is 0.537. The number of ether oxygens (including phenoxy) is 2. The molecule has 9 nitrogen and oxygen atoms in total. The minimum Gasteiger partial charge on any atom is -0.494 e. The Morgan fingerprint density at radius 2 is 1.66 bits per heavy atom. The highest BCUT2D eigenvalue weighted by atomic mass is 16.5. The van der Waals surface area contributed by atoms with Crippen LogP contribution in [-0.4, -0.2) is 81.7 Å². The number of hydrogen-bond acceptors (Lipinski definition) is 6. The summed E-state index contributed by atoms with van der Waals surface area (Å²) in [6.45, 7) is 22.8. The summed E-state index contributed by atoms with van der Waals surface area (Å²) < 4.78 is 12.6. The molecule has 0 aliphatic carbocycles. The summed E-state index contributed by atoms with van der Waals surface area (Å²) in [5.41, 5.74) is -1.63. The lowest BCUT2D eigenvalue weighted by molar-refractivity contribution is -0.159. The number of aliphatic hydroxyl groups is 1. The molecule has 1 spiro atoms. The normalized spacial score (nSPS) is 26.4. The van der Waals surface area contributed by atoms with Gasteiger partial charge in [0.05, 0.1) is 36.7 Å². The van der Waals surface area contributed by atoms with E-state index in [-0.39, 0.29) is 36.2 Å². The van der Waals surface area contributed by atoms with Crippen molar-refractivity contribution >= 4 is 23.4 Å². The van der Waals surface area contributed by atoms with E-state index < -0.39 is 47.3 Å². The number of amides is 3. The fourth-order valence-corrected chi connectivity index (χ4v) is 9.20. The Bertz CT molecular complexity index is 1580. The zero-order valence-electron chi connectivity index (χ0n) is 30.9. The molecule has 3 aliphatic rings. The third-order valence-corrected chi connectivity index (χ3v) is 10.7. The average molecular weight is 686 g/mol. The van der Waals surface area contributed by atoms with Crippen LogP contribution in [0.15, 0.2) is 79.9 Å². The van der Waals surface area contributed by atoms with E-state index >= 15 is 9.59 Å². The summed E-state index contributed by atoms with van der Waals surface area (Å²) >= 11 is 0. The average Bonchev–Trinajstić information content (AvgIpc) is 3.63. The molecule has 3 saturated heterocycles. The topological polar surface area (TPSA) is 99.6 Å². The third-order valence-electron chi connectivity index (χ3n) is 10.7. The van der Waals surface area contributed by atoms with Crippen LogP contribution in [0.2, 0.25) is 0 Å². The Labute approximate surface area is 297 Å². The second-order valence-electron chi connectivity index (χ2n) is 16.0. The molecule has 270 valence electrons. The van der Waals surface area contributed by atoms with Gasteiger partial charge in [-0.3, -0.25) is 14.4 Å². The molecule has 50 heavy (non-hydrogen) atoms. The Morgan fingerprint density at radius 1 is 1.02 bits per heavy atom. The van der Waals surface area contributed by atoms with Crippen LogP contribution in [0.3, 0.4) is 0 Å². The first-order valence-electron chi connectivity index (χ1n) is 17.8. The van der Waals surface area contributed by atoms with Crippen molar-refractivity contribution in [3.05, 3.63) is 85.5 Å². The summed E-state index contributed by atoms with van der Waals surface area (Å²) in [6, 6.07) is 14.7. The molecule has 2 aromatic rings. The molecule has 0 aromatic heterocycles. The lowest BCUT2D eigenvalue weighted by atomic mass is 9.65. The molecule has 9 heteroatoms. The second-order valence-corrected chi connectivity index (χ2v) is 16.0. The first-order chi connectivity index (χ1) is 23.6. The SMILES string of the molecule is C=CCN(C(=O)[C@@H]1[C@H]2C(=O)N([C@H](CO)c3ccccc3)C(C(=O)N(CC=C)C(C)(C)CC(C)(C)C)C23CC[C@@]1(C)O3)c1ccc(OCC)cc1. The van der Waals surface area contributed by atoms with Crippen molar-refractivity contribution in [1.29, 1.82) is 0 Å². The van der Waals surface area contributed by atoms with Gasteiger partial charge in [0.2, 0.25) is 17.7 Å². The monoisotopic (exact) mass is 685 g/mol.